The number of halogens is 3. The molecule has 0 aliphatic carbocycles. The van der Waals surface area contributed by atoms with Crippen molar-refractivity contribution in [2.75, 3.05) is 13.1 Å². The molecule has 1 aromatic carbocycles. The summed E-state index contributed by atoms with van der Waals surface area (Å²) in [4.78, 5) is 2.15. The third-order valence-electron chi connectivity index (χ3n) is 5.01. The van der Waals surface area contributed by atoms with Gasteiger partial charge in [0.15, 0.2) is 0 Å². The molecule has 1 aliphatic rings. The zero-order chi connectivity index (χ0) is 18.2. The molecule has 0 bridgehead atoms. The molecule has 3 nitrogen and oxygen atoms in total. The molecule has 136 valence electrons. The first kappa shape index (κ1) is 18.0. The van der Waals surface area contributed by atoms with Crippen LogP contribution in [0.5, 0.6) is 0 Å². The number of furan rings is 1. The number of piperidine rings is 1. The van der Waals surface area contributed by atoms with Gasteiger partial charge in [0, 0.05) is 13.1 Å². The summed E-state index contributed by atoms with van der Waals surface area (Å²) >= 11 is 0. The highest BCUT2D eigenvalue weighted by Crippen LogP contribution is 2.37. The average Bonchev–Trinajstić information content (AvgIpc) is 2.87. The van der Waals surface area contributed by atoms with Gasteiger partial charge in [-0.3, -0.25) is 4.90 Å². The van der Waals surface area contributed by atoms with Gasteiger partial charge >= 0.3 is 6.18 Å². The van der Waals surface area contributed by atoms with Gasteiger partial charge in [0.1, 0.15) is 11.5 Å². The Morgan fingerprint density at radius 2 is 1.84 bits per heavy atom. The van der Waals surface area contributed by atoms with Crippen LogP contribution < -0.4 is 0 Å². The second-order valence-electron chi connectivity index (χ2n) is 6.84. The second kappa shape index (κ2) is 6.50. The predicted molar refractivity (Wildman–Crippen MR) is 88.0 cm³/mol. The van der Waals surface area contributed by atoms with E-state index in [9.17, 15) is 18.3 Å². The van der Waals surface area contributed by atoms with Crippen molar-refractivity contribution in [3.05, 3.63) is 58.5 Å². The van der Waals surface area contributed by atoms with Crippen LogP contribution in [-0.2, 0) is 18.3 Å². The Balaban J connectivity index is 1.68. The van der Waals surface area contributed by atoms with Crippen molar-refractivity contribution < 1.29 is 22.7 Å². The van der Waals surface area contributed by atoms with E-state index in [1.54, 1.807) is 6.07 Å². The van der Waals surface area contributed by atoms with E-state index in [1.807, 2.05) is 19.9 Å². The third-order valence-corrected chi connectivity index (χ3v) is 5.01. The van der Waals surface area contributed by atoms with Crippen molar-refractivity contribution in [2.45, 2.75) is 45.0 Å². The molecule has 3 rings (SSSR count). The van der Waals surface area contributed by atoms with Crippen molar-refractivity contribution in [2.24, 2.45) is 0 Å². The standard InChI is InChI=1S/C19H22F3NO2/c1-13-10-17(25-14(13)2)12-23-8-6-18(24,7-9-23)15-4-3-5-16(11-15)19(20,21)22/h3-5,10-11,24H,6-9,12H2,1-2H3. The molecule has 2 heterocycles. The SMILES string of the molecule is Cc1cc(CN2CCC(O)(c3cccc(C(F)(F)F)c3)CC2)oc1C. The minimum absolute atomic E-state index is 0.340. The van der Waals surface area contributed by atoms with E-state index in [1.165, 1.54) is 6.07 Å². The van der Waals surface area contributed by atoms with Gasteiger partial charge in [-0.1, -0.05) is 12.1 Å². The number of hydrogen-bond acceptors (Lipinski definition) is 3. The molecule has 0 amide bonds. The molecular formula is C19H22F3NO2. The summed E-state index contributed by atoms with van der Waals surface area (Å²) < 4.78 is 44.4. The van der Waals surface area contributed by atoms with Gasteiger partial charge in [-0.05, 0) is 56.0 Å². The summed E-state index contributed by atoms with van der Waals surface area (Å²) in [7, 11) is 0. The van der Waals surface area contributed by atoms with E-state index < -0.39 is 17.3 Å². The minimum Gasteiger partial charge on any atom is -0.465 e. The highest BCUT2D eigenvalue weighted by molar-refractivity contribution is 5.30. The van der Waals surface area contributed by atoms with Crippen molar-refractivity contribution in [3.63, 3.8) is 0 Å². The van der Waals surface area contributed by atoms with Gasteiger partial charge in [0.05, 0.1) is 17.7 Å². The maximum Gasteiger partial charge on any atom is 0.416 e. The van der Waals surface area contributed by atoms with Crippen LogP contribution in [0.25, 0.3) is 0 Å². The van der Waals surface area contributed by atoms with E-state index >= 15 is 0 Å². The van der Waals surface area contributed by atoms with Crippen LogP contribution in [0.15, 0.2) is 34.7 Å². The maximum atomic E-state index is 12.9. The molecule has 1 aromatic heterocycles. The predicted octanol–water partition coefficient (Wildman–Crippen LogP) is 4.40. The molecule has 6 heteroatoms. The van der Waals surface area contributed by atoms with Crippen molar-refractivity contribution in [1.82, 2.24) is 4.90 Å². The minimum atomic E-state index is -4.40. The van der Waals surface area contributed by atoms with Crippen LogP contribution in [0.4, 0.5) is 13.2 Å². The Morgan fingerprint density at radius 3 is 2.40 bits per heavy atom. The molecule has 1 aliphatic heterocycles. The number of nitrogens with zero attached hydrogens (tertiary/aromatic N) is 1. The monoisotopic (exact) mass is 353 g/mol. The highest BCUT2D eigenvalue weighted by Gasteiger charge is 2.37. The van der Waals surface area contributed by atoms with E-state index in [0.29, 0.717) is 38.0 Å². The largest absolute Gasteiger partial charge is 0.465 e. The summed E-state index contributed by atoms with van der Waals surface area (Å²) in [5.74, 6) is 1.77. The number of rotatable bonds is 3. The fraction of sp³-hybridized carbons (Fsp3) is 0.474. The molecule has 1 fully saturated rings. The highest BCUT2D eigenvalue weighted by atomic mass is 19.4. The summed E-state index contributed by atoms with van der Waals surface area (Å²) in [6.45, 7) is 5.76. The lowest BCUT2D eigenvalue weighted by atomic mass is 9.83. The van der Waals surface area contributed by atoms with Crippen LogP contribution in [0.1, 0.15) is 41.1 Å². The molecule has 2 aromatic rings. The zero-order valence-electron chi connectivity index (χ0n) is 14.4. The molecular weight excluding hydrogens is 331 g/mol. The number of aryl methyl sites for hydroxylation is 2. The summed E-state index contributed by atoms with van der Waals surface area (Å²) in [6.07, 6.45) is -3.61. The Hall–Kier alpha value is -1.79. The van der Waals surface area contributed by atoms with E-state index in [2.05, 4.69) is 4.90 Å². The quantitative estimate of drug-likeness (QED) is 0.889. The Kier molecular flexibility index (Phi) is 4.68. The van der Waals surface area contributed by atoms with Gasteiger partial charge in [0.25, 0.3) is 0 Å². The normalized spacial score (nSPS) is 18.5. The average molecular weight is 353 g/mol. The van der Waals surface area contributed by atoms with Crippen molar-refractivity contribution in [1.29, 1.82) is 0 Å². The molecule has 25 heavy (non-hydrogen) atoms. The van der Waals surface area contributed by atoms with Gasteiger partial charge in [-0.2, -0.15) is 13.2 Å². The number of likely N-dealkylation sites (tertiary alicyclic amines) is 1. The van der Waals surface area contributed by atoms with Gasteiger partial charge in [0.2, 0.25) is 0 Å². The molecule has 0 atom stereocenters. The molecule has 0 unspecified atom stereocenters. The fourth-order valence-electron chi connectivity index (χ4n) is 3.30. The first-order valence-corrected chi connectivity index (χ1v) is 8.36. The molecule has 0 saturated carbocycles. The van der Waals surface area contributed by atoms with Crippen molar-refractivity contribution >= 4 is 0 Å². The van der Waals surface area contributed by atoms with Gasteiger partial charge < -0.3 is 9.52 Å². The first-order valence-electron chi connectivity index (χ1n) is 8.36. The summed E-state index contributed by atoms with van der Waals surface area (Å²) in [5, 5.41) is 10.8. The first-order chi connectivity index (χ1) is 11.7. The van der Waals surface area contributed by atoms with Crippen LogP contribution in [-0.4, -0.2) is 23.1 Å². The third kappa shape index (κ3) is 3.90. The van der Waals surface area contributed by atoms with Gasteiger partial charge in [-0.25, -0.2) is 0 Å². The Bertz CT molecular complexity index is 724. The molecule has 1 N–H and O–H groups in total. The molecule has 1 saturated heterocycles. The topological polar surface area (TPSA) is 36.6 Å². The van der Waals surface area contributed by atoms with Crippen LogP contribution in [0.2, 0.25) is 0 Å². The van der Waals surface area contributed by atoms with Crippen molar-refractivity contribution in [3.8, 4) is 0 Å². The zero-order valence-corrected chi connectivity index (χ0v) is 14.4. The summed E-state index contributed by atoms with van der Waals surface area (Å²) in [5.41, 5.74) is -0.492. The van der Waals surface area contributed by atoms with E-state index in [0.717, 1.165) is 29.2 Å². The second-order valence-corrected chi connectivity index (χ2v) is 6.84. The van der Waals surface area contributed by atoms with Crippen LogP contribution in [0, 0.1) is 13.8 Å². The number of aliphatic hydroxyl groups is 1. The fourth-order valence-corrected chi connectivity index (χ4v) is 3.30. The van der Waals surface area contributed by atoms with Crippen LogP contribution in [0.3, 0.4) is 0 Å². The maximum absolute atomic E-state index is 12.9. The lowest BCUT2D eigenvalue weighted by molar-refractivity contribution is -0.137. The Labute approximate surface area is 145 Å². The molecule has 0 radical (unpaired) electrons. The van der Waals surface area contributed by atoms with E-state index in [4.69, 9.17) is 4.42 Å². The number of benzene rings is 1. The smallest absolute Gasteiger partial charge is 0.416 e. The Morgan fingerprint density at radius 1 is 1.16 bits per heavy atom. The van der Waals surface area contributed by atoms with Gasteiger partial charge in [-0.15, -0.1) is 0 Å². The van der Waals surface area contributed by atoms with E-state index in [-0.39, 0.29) is 0 Å². The van der Waals surface area contributed by atoms with Crippen LogP contribution >= 0.6 is 0 Å². The number of alkyl halides is 3. The lowest BCUT2D eigenvalue weighted by Crippen LogP contribution is -2.42. The lowest BCUT2D eigenvalue weighted by Gasteiger charge is -2.38. The summed E-state index contributed by atoms with van der Waals surface area (Å²) in [6, 6.07) is 7.03. The number of hydrogen-bond donors (Lipinski definition) is 1. The molecule has 0 spiro atoms.